The molecule has 2 saturated heterocycles. The van der Waals surface area contributed by atoms with Crippen LogP contribution in [0.1, 0.15) is 26.7 Å². The largest absolute Gasteiger partial charge is 0.377 e. The van der Waals surface area contributed by atoms with Gasteiger partial charge in [0.1, 0.15) is 5.54 Å². The van der Waals surface area contributed by atoms with Crippen LogP contribution in [-0.2, 0) is 14.3 Å². The number of ether oxygens (including phenoxy) is 1. The number of rotatable bonds is 2. The van der Waals surface area contributed by atoms with Crippen LogP contribution in [0, 0.1) is 17.3 Å². The predicted octanol–water partition coefficient (Wildman–Crippen LogP) is -0.537. The number of carbonyl (C=O) groups is 2. The van der Waals surface area contributed by atoms with Gasteiger partial charge in [0.2, 0.25) is 11.8 Å². The minimum atomic E-state index is -0.874. The molecule has 6 heteroatoms. The standard InChI is InChI=1S/C14H23N3O3/c1-13(2)10-9(4-6-20-10)14(13,16)12(19)17-5-3-8(7-17)11(15)18/h8-10H,3-7,16H2,1-2H3,(H2,15,18). The van der Waals surface area contributed by atoms with Crippen molar-refractivity contribution in [3.05, 3.63) is 0 Å². The van der Waals surface area contributed by atoms with Crippen molar-refractivity contribution in [1.29, 1.82) is 0 Å². The lowest BCUT2D eigenvalue weighted by molar-refractivity contribution is -0.183. The van der Waals surface area contributed by atoms with E-state index >= 15 is 0 Å². The Bertz CT molecular complexity index is 465. The van der Waals surface area contributed by atoms with Crippen molar-refractivity contribution in [2.75, 3.05) is 19.7 Å². The monoisotopic (exact) mass is 281 g/mol. The van der Waals surface area contributed by atoms with E-state index in [0.717, 1.165) is 6.42 Å². The van der Waals surface area contributed by atoms with Gasteiger partial charge < -0.3 is 21.1 Å². The van der Waals surface area contributed by atoms with E-state index in [0.29, 0.717) is 26.1 Å². The van der Waals surface area contributed by atoms with Crippen LogP contribution in [-0.4, -0.2) is 48.1 Å². The summed E-state index contributed by atoms with van der Waals surface area (Å²) in [5.74, 6) is -0.515. The summed E-state index contributed by atoms with van der Waals surface area (Å²) in [5.41, 5.74) is 10.6. The topological polar surface area (TPSA) is 98.7 Å². The molecule has 2 aliphatic heterocycles. The minimum Gasteiger partial charge on any atom is -0.377 e. The maximum Gasteiger partial charge on any atom is 0.243 e. The summed E-state index contributed by atoms with van der Waals surface area (Å²) in [6.45, 7) is 5.65. The number of likely N-dealkylation sites (tertiary alicyclic amines) is 1. The second-order valence-electron chi connectivity index (χ2n) is 6.92. The van der Waals surface area contributed by atoms with Crippen LogP contribution >= 0.6 is 0 Å². The Morgan fingerprint density at radius 1 is 1.30 bits per heavy atom. The molecule has 0 aromatic carbocycles. The van der Waals surface area contributed by atoms with Gasteiger partial charge in [0.15, 0.2) is 0 Å². The van der Waals surface area contributed by atoms with Gasteiger partial charge in [-0.15, -0.1) is 0 Å². The minimum absolute atomic E-state index is 0.0435. The second-order valence-corrected chi connectivity index (χ2v) is 6.92. The van der Waals surface area contributed by atoms with E-state index in [1.54, 1.807) is 4.90 Å². The summed E-state index contributed by atoms with van der Waals surface area (Å²) < 4.78 is 5.71. The smallest absolute Gasteiger partial charge is 0.243 e. The molecule has 0 spiro atoms. The molecule has 1 saturated carbocycles. The lowest BCUT2D eigenvalue weighted by Crippen LogP contribution is -2.80. The lowest BCUT2D eigenvalue weighted by Gasteiger charge is -2.61. The lowest BCUT2D eigenvalue weighted by atomic mass is 9.47. The Morgan fingerprint density at radius 3 is 2.60 bits per heavy atom. The molecule has 1 aliphatic carbocycles. The highest BCUT2D eigenvalue weighted by Crippen LogP contribution is 2.58. The summed E-state index contributed by atoms with van der Waals surface area (Å²) in [7, 11) is 0. The molecule has 0 bridgehead atoms. The Morgan fingerprint density at radius 2 is 2.00 bits per heavy atom. The van der Waals surface area contributed by atoms with Gasteiger partial charge in [-0.3, -0.25) is 9.59 Å². The first-order valence-corrected chi connectivity index (χ1v) is 7.29. The van der Waals surface area contributed by atoms with Crippen LogP contribution in [0.3, 0.4) is 0 Å². The first kappa shape index (κ1) is 13.8. The van der Waals surface area contributed by atoms with Gasteiger partial charge in [-0.1, -0.05) is 13.8 Å². The third-order valence-corrected chi connectivity index (χ3v) is 5.69. The highest BCUT2D eigenvalue weighted by molar-refractivity contribution is 5.90. The van der Waals surface area contributed by atoms with Crippen molar-refractivity contribution in [2.45, 2.75) is 38.3 Å². The maximum atomic E-state index is 12.9. The van der Waals surface area contributed by atoms with Crippen LogP contribution in [0.5, 0.6) is 0 Å². The van der Waals surface area contributed by atoms with Crippen molar-refractivity contribution in [3.63, 3.8) is 0 Å². The molecule has 2 amide bonds. The number of hydrogen-bond donors (Lipinski definition) is 2. The number of nitrogens with two attached hydrogens (primary N) is 2. The van der Waals surface area contributed by atoms with E-state index in [9.17, 15) is 9.59 Å². The van der Waals surface area contributed by atoms with Gasteiger partial charge in [-0.2, -0.15) is 0 Å². The maximum absolute atomic E-state index is 12.9. The van der Waals surface area contributed by atoms with Gasteiger partial charge in [-0.25, -0.2) is 0 Å². The molecule has 4 N–H and O–H groups in total. The third kappa shape index (κ3) is 1.52. The molecule has 6 nitrogen and oxygen atoms in total. The molecule has 4 atom stereocenters. The van der Waals surface area contributed by atoms with Gasteiger partial charge in [0, 0.05) is 31.0 Å². The molecular weight excluding hydrogens is 258 g/mol. The molecule has 112 valence electrons. The fourth-order valence-corrected chi connectivity index (χ4v) is 4.26. The van der Waals surface area contributed by atoms with Crippen LogP contribution in [0.2, 0.25) is 0 Å². The van der Waals surface area contributed by atoms with Crippen LogP contribution < -0.4 is 11.5 Å². The molecule has 3 fully saturated rings. The number of nitrogens with zero attached hydrogens (tertiary/aromatic N) is 1. The molecule has 4 unspecified atom stereocenters. The van der Waals surface area contributed by atoms with E-state index in [4.69, 9.17) is 16.2 Å². The first-order chi connectivity index (χ1) is 9.30. The highest BCUT2D eigenvalue weighted by Gasteiger charge is 2.72. The molecule has 0 aromatic heterocycles. The molecule has 20 heavy (non-hydrogen) atoms. The highest BCUT2D eigenvalue weighted by atomic mass is 16.5. The second kappa shape index (κ2) is 4.18. The summed E-state index contributed by atoms with van der Waals surface area (Å²) in [4.78, 5) is 25.8. The SMILES string of the molecule is CC1(C)C2OCCC2C1(N)C(=O)N1CCC(C(N)=O)C1. The third-order valence-electron chi connectivity index (χ3n) is 5.69. The van der Waals surface area contributed by atoms with Gasteiger partial charge >= 0.3 is 0 Å². The average Bonchev–Trinajstić information content (AvgIpc) is 3.04. The van der Waals surface area contributed by atoms with E-state index in [1.165, 1.54) is 0 Å². The predicted molar refractivity (Wildman–Crippen MR) is 72.4 cm³/mol. The van der Waals surface area contributed by atoms with Gasteiger partial charge in [0.25, 0.3) is 0 Å². The molecule has 2 heterocycles. The van der Waals surface area contributed by atoms with Crippen molar-refractivity contribution >= 4 is 11.8 Å². The normalized spacial score (nSPS) is 42.1. The van der Waals surface area contributed by atoms with E-state index in [1.807, 2.05) is 13.8 Å². The Kier molecular flexibility index (Phi) is 2.89. The fourth-order valence-electron chi connectivity index (χ4n) is 4.26. The van der Waals surface area contributed by atoms with Gasteiger partial charge in [-0.05, 0) is 12.8 Å². The number of hydrogen-bond acceptors (Lipinski definition) is 4. The Labute approximate surface area is 118 Å². The Balaban J connectivity index is 1.79. The molecule has 0 aromatic rings. The molecule has 3 rings (SSSR count). The van der Waals surface area contributed by atoms with Crippen LogP contribution in [0.4, 0.5) is 0 Å². The zero-order valence-electron chi connectivity index (χ0n) is 12.1. The quantitative estimate of drug-likeness (QED) is 0.710. The summed E-state index contributed by atoms with van der Waals surface area (Å²) >= 11 is 0. The van der Waals surface area contributed by atoms with Crippen molar-refractivity contribution in [3.8, 4) is 0 Å². The number of fused-ring (bicyclic) bond motifs is 1. The van der Waals surface area contributed by atoms with Gasteiger partial charge in [0.05, 0.1) is 12.0 Å². The van der Waals surface area contributed by atoms with Crippen molar-refractivity contribution in [1.82, 2.24) is 4.90 Å². The van der Waals surface area contributed by atoms with Crippen LogP contribution in [0.25, 0.3) is 0 Å². The molecular formula is C14H23N3O3. The van der Waals surface area contributed by atoms with E-state index in [2.05, 4.69) is 0 Å². The number of amides is 2. The number of carbonyl (C=O) groups excluding carboxylic acids is 2. The zero-order chi connectivity index (χ0) is 14.7. The van der Waals surface area contributed by atoms with E-state index in [-0.39, 0.29) is 35.2 Å². The van der Waals surface area contributed by atoms with E-state index < -0.39 is 5.54 Å². The summed E-state index contributed by atoms with van der Waals surface area (Å²) in [6, 6.07) is 0. The summed E-state index contributed by atoms with van der Waals surface area (Å²) in [6.07, 6.45) is 1.55. The van der Waals surface area contributed by atoms with Crippen molar-refractivity contribution in [2.24, 2.45) is 28.7 Å². The van der Waals surface area contributed by atoms with Crippen LogP contribution in [0.15, 0.2) is 0 Å². The average molecular weight is 281 g/mol. The zero-order valence-corrected chi connectivity index (χ0v) is 12.1. The molecule has 0 radical (unpaired) electrons. The Hall–Kier alpha value is -1.14. The molecule has 3 aliphatic rings. The summed E-state index contributed by atoms with van der Waals surface area (Å²) in [5, 5.41) is 0. The number of primary amides is 1. The first-order valence-electron chi connectivity index (χ1n) is 7.29. The fraction of sp³-hybridized carbons (Fsp3) is 0.857. The van der Waals surface area contributed by atoms with Crippen molar-refractivity contribution < 1.29 is 14.3 Å².